The molecule has 0 unspecified atom stereocenters. The van der Waals surface area contributed by atoms with E-state index >= 15 is 0 Å². The van der Waals surface area contributed by atoms with Gasteiger partial charge in [-0.25, -0.2) is 5.84 Å². The molecule has 0 radical (unpaired) electrons. The molecule has 0 aliphatic rings. The fraction of sp³-hybridized carbons (Fsp3) is 0.182. The highest BCUT2D eigenvalue weighted by molar-refractivity contribution is 7.15. The number of nitrogens with zero attached hydrogens (tertiary/aromatic N) is 3. The van der Waals surface area contributed by atoms with Gasteiger partial charge in [0.25, 0.3) is 0 Å². The molecular weight excluding hydrogens is 250 g/mol. The first-order valence-corrected chi connectivity index (χ1v) is 6.01. The second-order valence-electron chi connectivity index (χ2n) is 3.41. The minimum atomic E-state index is 0.344. The van der Waals surface area contributed by atoms with Gasteiger partial charge in [0.15, 0.2) is 5.01 Å². The molecule has 92 valence electrons. The maximum Gasteiger partial charge on any atom is 0.219 e. The Balaban J connectivity index is 1.91. The molecule has 7 heteroatoms. The van der Waals surface area contributed by atoms with E-state index in [9.17, 15) is 0 Å². The number of anilines is 1. The van der Waals surface area contributed by atoms with Crippen molar-refractivity contribution in [3.63, 3.8) is 0 Å². The number of ether oxygens (including phenoxy) is 1. The Morgan fingerprint density at radius 3 is 2.72 bits per heavy atom. The molecule has 6 nitrogen and oxygen atoms in total. The quantitative estimate of drug-likeness (QED) is 0.625. The fourth-order valence-electron chi connectivity index (χ4n) is 1.31. The average molecular weight is 261 g/mol. The van der Waals surface area contributed by atoms with E-state index in [0.717, 1.165) is 16.3 Å². The molecule has 0 amide bonds. The predicted molar refractivity (Wildman–Crippen MR) is 67.8 cm³/mol. The lowest BCUT2D eigenvalue weighted by atomic mass is 10.2. The van der Waals surface area contributed by atoms with Crippen LogP contribution >= 0.6 is 11.3 Å². The minimum absolute atomic E-state index is 0.344. The molecule has 0 aliphatic heterocycles. The van der Waals surface area contributed by atoms with Crippen molar-refractivity contribution in [2.75, 3.05) is 5.43 Å². The van der Waals surface area contributed by atoms with Crippen LogP contribution in [0.4, 0.5) is 5.13 Å². The highest BCUT2D eigenvalue weighted by Gasteiger charge is 2.03. The average Bonchev–Trinajstić information content (AvgIpc) is 2.86. The Labute approximate surface area is 108 Å². The van der Waals surface area contributed by atoms with Gasteiger partial charge in [-0.1, -0.05) is 23.5 Å². The van der Waals surface area contributed by atoms with E-state index in [0.29, 0.717) is 18.2 Å². The van der Waals surface area contributed by atoms with Crippen LogP contribution in [0.1, 0.15) is 10.6 Å². The van der Waals surface area contributed by atoms with Crippen LogP contribution in [0, 0.1) is 11.3 Å². The number of rotatable bonds is 5. The van der Waals surface area contributed by atoms with E-state index in [1.807, 2.05) is 24.3 Å². The first kappa shape index (κ1) is 12.3. The third-order valence-electron chi connectivity index (χ3n) is 2.16. The first-order valence-electron chi connectivity index (χ1n) is 5.19. The molecule has 1 heterocycles. The van der Waals surface area contributed by atoms with Gasteiger partial charge in [0.05, 0.1) is 12.5 Å². The standard InChI is InChI=1S/C11H11N5OS/c12-6-5-8-1-3-9(4-2-8)17-7-10-15-16-11(14-13)18-10/h1-4H,5,7,13H2,(H,14,16). The monoisotopic (exact) mass is 261 g/mol. The van der Waals surface area contributed by atoms with Gasteiger partial charge in [-0.2, -0.15) is 5.26 Å². The van der Waals surface area contributed by atoms with E-state index in [1.54, 1.807) is 0 Å². The summed E-state index contributed by atoms with van der Waals surface area (Å²) in [4.78, 5) is 0. The zero-order valence-electron chi connectivity index (χ0n) is 9.46. The lowest BCUT2D eigenvalue weighted by Gasteiger charge is -2.03. The van der Waals surface area contributed by atoms with Crippen LogP contribution in [0.15, 0.2) is 24.3 Å². The van der Waals surface area contributed by atoms with Crippen molar-refractivity contribution in [3.05, 3.63) is 34.8 Å². The summed E-state index contributed by atoms with van der Waals surface area (Å²) >= 11 is 1.34. The van der Waals surface area contributed by atoms with Gasteiger partial charge in [-0.05, 0) is 17.7 Å². The van der Waals surface area contributed by atoms with E-state index in [4.69, 9.17) is 15.8 Å². The number of nitrogens with two attached hydrogens (primary N) is 1. The SMILES string of the molecule is N#CCc1ccc(OCc2nnc(NN)s2)cc1. The van der Waals surface area contributed by atoms with E-state index in [1.165, 1.54) is 11.3 Å². The van der Waals surface area contributed by atoms with Crippen molar-refractivity contribution in [2.45, 2.75) is 13.0 Å². The molecule has 0 aliphatic carbocycles. The highest BCUT2D eigenvalue weighted by Crippen LogP contribution is 2.18. The predicted octanol–water partition coefficient (Wildman–Crippen LogP) is 1.47. The van der Waals surface area contributed by atoms with Crippen molar-refractivity contribution >= 4 is 16.5 Å². The molecule has 0 saturated carbocycles. The number of hydrogen-bond acceptors (Lipinski definition) is 7. The summed E-state index contributed by atoms with van der Waals surface area (Å²) in [5.41, 5.74) is 3.39. The van der Waals surface area contributed by atoms with Gasteiger partial charge in [-0.3, -0.25) is 5.43 Å². The Morgan fingerprint density at radius 1 is 1.33 bits per heavy atom. The zero-order chi connectivity index (χ0) is 12.8. The summed E-state index contributed by atoms with van der Waals surface area (Å²) in [6, 6.07) is 9.49. The zero-order valence-corrected chi connectivity index (χ0v) is 10.3. The number of hydrogen-bond donors (Lipinski definition) is 2. The summed E-state index contributed by atoms with van der Waals surface area (Å²) < 4.78 is 5.54. The van der Waals surface area contributed by atoms with Crippen LogP contribution in [-0.4, -0.2) is 10.2 Å². The van der Waals surface area contributed by atoms with Crippen molar-refractivity contribution in [2.24, 2.45) is 5.84 Å². The van der Waals surface area contributed by atoms with E-state index in [2.05, 4.69) is 21.7 Å². The van der Waals surface area contributed by atoms with Crippen LogP contribution in [0.5, 0.6) is 5.75 Å². The van der Waals surface area contributed by atoms with Gasteiger partial charge >= 0.3 is 0 Å². The molecule has 2 rings (SSSR count). The highest BCUT2D eigenvalue weighted by atomic mass is 32.1. The van der Waals surface area contributed by atoms with Crippen molar-refractivity contribution in [3.8, 4) is 11.8 Å². The van der Waals surface area contributed by atoms with Crippen molar-refractivity contribution in [1.82, 2.24) is 10.2 Å². The molecule has 1 aromatic carbocycles. The van der Waals surface area contributed by atoms with Gasteiger partial charge in [-0.15, -0.1) is 10.2 Å². The van der Waals surface area contributed by atoms with Gasteiger partial charge < -0.3 is 4.74 Å². The van der Waals surface area contributed by atoms with E-state index < -0.39 is 0 Å². The summed E-state index contributed by atoms with van der Waals surface area (Å²) in [5.74, 6) is 5.94. The number of benzene rings is 1. The first-order chi connectivity index (χ1) is 8.81. The Bertz CT molecular complexity index is 545. The maximum absolute atomic E-state index is 8.56. The number of nitrogen functional groups attached to an aromatic ring is 1. The second kappa shape index (κ2) is 5.95. The molecular formula is C11H11N5OS. The number of nitriles is 1. The fourth-order valence-corrected chi connectivity index (χ4v) is 1.87. The second-order valence-corrected chi connectivity index (χ2v) is 4.47. The molecule has 0 bridgehead atoms. The molecule has 0 spiro atoms. The third kappa shape index (κ3) is 3.16. The molecule has 3 N–H and O–H groups in total. The van der Waals surface area contributed by atoms with Crippen LogP contribution in [0.2, 0.25) is 0 Å². The Morgan fingerprint density at radius 2 is 2.11 bits per heavy atom. The van der Waals surface area contributed by atoms with E-state index in [-0.39, 0.29) is 0 Å². The topological polar surface area (TPSA) is 96.8 Å². The van der Waals surface area contributed by atoms with Gasteiger partial charge in [0, 0.05) is 0 Å². The van der Waals surface area contributed by atoms with Gasteiger partial charge in [0.2, 0.25) is 5.13 Å². The van der Waals surface area contributed by atoms with Crippen LogP contribution < -0.4 is 16.0 Å². The summed E-state index contributed by atoms with van der Waals surface area (Å²) in [6.07, 6.45) is 0.405. The smallest absolute Gasteiger partial charge is 0.219 e. The molecule has 0 atom stereocenters. The lowest BCUT2D eigenvalue weighted by Crippen LogP contribution is -2.05. The minimum Gasteiger partial charge on any atom is -0.486 e. The maximum atomic E-state index is 8.56. The Kier molecular flexibility index (Phi) is 4.06. The third-order valence-corrected chi connectivity index (χ3v) is 2.99. The normalized spacial score (nSPS) is 9.78. The van der Waals surface area contributed by atoms with Crippen LogP contribution in [0.25, 0.3) is 0 Å². The summed E-state index contributed by atoms with van der Waals surface area (Å²) in [5, 5.41) is 17.6. The number of aromatic nitrogens is 2. The number of nitrogens with one attached hydrogen (secondary N) is 1. The molecule has 1 aromatic heterocycles. The number of hydrazine groups is 1. The summed E-state index contributed by atoms with van der Waals surface area (Å²) in [6.45, 7) is 0.344. The Hall–Kier alpha value is -2.17. The molecule has 0 fully saturated rings. The van der Waals surface area contributed by atoms with Crippen LogP contribution in [0.3, 0.4) is 0 Å². The molecule has 0 saturated heterocycles. The van der Waals surface area contributed by atoms with Gasteiger partial charge in [0.1, 0.15) is 12.4 Å². The summed E-state index contributed by atoms with van der Waals surface area (Å²) in [7, 11) is 0. The van der Waals surface area contributed by atoms with Crippen molar-refractivity contribution in [1.29, 1.82) is 5.26 Å². The van der Waals surface area contributed by atoms with Crippen molar-refractivity contribution < 1.29 is 4.74 Å². The largest absolute Gasteiger partial charge is 0.486 e. The molecule has 18 heavy (non-hydrogen) atoms. The van der Waals surface area contributed by atoms with Crippen LogP contribution in [-0.2, 0) is 13.0 Å². The lowest BCUT2D eigenvalue weighted by molar-refractivity contribution is 0.304. The molecule has 2 aromatic rings.